The monoisotopic (exact) mass is 298 g/mol. The Balaban J connectivity index is 2.13. The number of ether oxygens (including phenoxy) is 1. The highest BCUT2D eigenvalue weighted by Gasteiger charge is 2.12. The van der Waals surface area contributed by atoms with Crippen molar-refractivity contribution in [3.63, 3.8) is 0 Å². The van der Waals surface area contributed by atoms with Crippen LogP contribution in [0.2, 0.25) is 0 Å². The Labute approximate surface area is 131 Å². The fourth-order valence-electron chi connectivity index (χ4n) is 2.28. The smallest absolute Gasteiger partial charge is 0.323 e. The molecule has 0 aromatic heterocycles. The topological polar surface area (TPSA) is 50.4 Å². The summed E-state index contributed by atoms with van der Waals surface area (Å²) in [6.07, 6.45) is 1.02. The number of benzene rings is 2. The molecule has 2 rings (SSSR count). The SMILES string of the molecule is CCC(C)c1ccccc1NC(=O)Nc1ccccc1OC. The number of nitrogens with one attached hydrogen (secondary N) is 2. The Morgan fingerprint density at radius 3 is 2.32 bits per heavy atom. The van der Waals surface area contributed by atoms with Gasteiger partial charge in [0.2, 0.25) is 0 Å². The van der Waals surface area contributed by atoms with Crippen molar-refractivity contribution in [3.8, 4) is 5.75 Å². The Kier molecular flexibility index (Phi) is 5.42. The fraction of sp³-hybridized carbons (Fsp3) is 0.278. The summed E-state index contributed by atoms with van der Waals surface area (Å²) >= 11 is 0. The van der Waals surface area contributed by atoms with E-state index in [1.165, 1.54) is 0 Å². The number of para-hydroxylation sites is 3. The second-order valence-electron chi connectivity index (χ2n) is 5.18. The summed E-state index contributed by atoms with van der Waals surface area (Å²) in [4.78, 5) is 12.2. The molecule has 2 aromatic carbocycles. The largest absolute Gasteiger partial charge is 0.495 e. The Morgan fingerprint density at radius 2 is 1.64 bits per heavy atom. The Hall–Kier alpha value is -2.49. The van der Waals surface area contributed by atoms with Gasteiger partial charge in [-0.3, -0.25) is 0 Å². The molecule has 0 heterocycles. The maximum absolute atomic E-state index is 12.2. The first-order valence-electron chi connectivity index (χ1n) is 7.45. The van der Waals surface area contributed by atoms with E-state index in [9.17, 15) is 4.79 Å². The summed E-state index contributed by atoms with van der Waals surface area (Å²) in [6.45, 7) is 4.29. The minimum atomic E-state index is -0.278. The molecule has 116 valence electrons. The van der Waals surface area contributed by atoms with E-state index >= 15 is 0 Å². The van der Waals surface area contributed by atoms with Crippen LogP contribution in [0.4, 0.5) is 16.2 Å². The molecule has 0 saturated heterocycles. The number of hydrogen-bond donors (Lipinski definition) is 2. The molecular weight excluding hydrogens is 276 g/mol. The summed E-state index contributed by atoms with van der Waals surface area (Å²) in [7, 11) is 1.58. The lowest BCUT2D eigenvalue weighted by molar-refractivity contribution is 0.262. The molecule has 2 aromatic rings. The van der Waals surface area contributed by atoms with Crippen LogP contribution in [0.3, 0.4) is 0 Å². The third-order valence-electron chi connectivity index (χ3n) is 3.71. The standard InChI is InChI=1S/C18H22N2O2/c1-4-13(2)14-9-5-6-10-15(14)19-18(21)20-16-11-7-8-12-17(16)22-3/h5-13H,4H2,1-3H3,(H2,19,20,21). The number of hydrogen-bond acceptors (Lipinski definition) is 2. The molecule has 0 saturated carbocycles. The van der Waals surface area contributed by atoms with E-state index in [0.717, 1.165) is 17.7 Å². The van der Waals surface area contributed by atoms with Crippen molar-refractivity contribution < 1.29 is 9.53 Å². The van der Waals surface area contributed by atoms with Crippen LogP contribution < -0.4 is 15.4 Å². The zero-order chi connectivity index (χ0) is 15.9. The van der Waals surface area contributed by atoms with Gasteiger partial charge in [0.25, 0.3) is 0 Å². The lowest BCUT2D eigenvalue weighted by Crippen LogP contribution is -2.20. The molecule has 2 amide bonds. The molecule has 1 unspecified atom stereocenters. The highest BCUT2D eigenvalue weighted by atomic mass is 16.5. The van der Waals surface area contributed by atoms with Gasteiger partial charge in [0.1, 0.15) is 5.75 Å². The quantitative estimate of drug-likeness (QED) is 0.828. The van der Waals surface area contributed by atoms with E-state index in [-0.39, 0.29) is 6.03 Å². The first-order valence-corrected chi connectivity index (χ1v) is 7.45. The lowest BCUT2D eigenvalue weighted by atomic mass is 9.97. The molecule has 0 aliphatic rings. The number of amides is 2. The van der Waals surface area contributed by atoms with Crippen molar-refractivity contribution in [1.29, 1.82) is 0 Å². The summed E-state index contributed by atoms with van der Waals surface area (Å²) in [5, 5.41) is 5.74. The number of anilines is 2. The molecule has 0 spiro atoms. The molecule has 0 aliphatic heterocycles. The molecule has 2 N–H and O–H groups in total. The maximum Gasteiger partial charge on any atom is 0.323 e. The van der Waals surface area contributed by atoms with E-state index in [0.29, 0.717) is 17.4 Å². The number of urea groups is 1. The summed E-state index contributed by atoms with van der Waals surface area (Å²) in [5.41, 5.74) is 2.62. The van der Waals surface area contributed by atoms with Crippen molar-refractivity contribution in [2.24, 2.45) is 0 Å². The van der Waals surface area contributed by atoms with Gasteiger partial charge in [-0.15, -0.1) is 0 Å². The van der Waals surface area contributed by atoms with Crippen LogP contribution in [0.15, 0.2) is 48.5 Å². The molecule has 4 nitrogen and oxygen atoms in total. The van der Waals surface area contributed by atoms with Crippen LogP contribution in [0.1, 0.15) is 31.7 Å². The zero-order valence-electron chi connectivity index (χ0n) is 13.2. The first-order chi connectivity index (χ1) is 10.7. The van der Waals surface area contributed by atoms with Gasteiger partial charge < -0.3 is 15.4 Å². The Morgan fingerprint density at radius 1 is 1.05 bits per heavy atom. The van der Waals surface area contributed by atoms with Crippen molar-refractivity contribution in [3.05, 3.63) is 54.1 Å². The second-order valence-corrected chi connectivity index (χ2v) is 5.18. The van der Waals surface area contributed by atoms with Gasteiger partial charge in [0, 0.05) is 5.69 Å². The molecule has 0 bridgehead atoms. The highest BCUT2D eigenvalue weighted by molar-refractivity contribution is 6.01. The molecule has 0 fully saturated rings. The van der Waals surface area contributed by atoms with E-state index in [1.807, 2.05) is 42.5 Å². The third-order valence-corrected chi connectivity index (χ3v) is 3.71. The van der Waals surface area contributed by atoms with Gasteiger partial charge >= 0.3 is 6.03 Å². The second kappa shape index (κ2) is 7.50. The van der Waals surface area contributed by atoms with Crippen molar-refractivity contribution in [1.82, 2.24) is 0 Å². The van der Waals surface area contributed by atoms with Crippen molar-refractivity contribution in [2.45, 2.75) is 26.2 Å². The number of carbonyl (C=O) groups excluding carboxylic acids is 1. The molecule has 0 radical (unpaired) electrons. The van der Waals surface area contributed by atoms with Gasteiger partial charge in [0.05, 0.1) is 12.8 Å². The minimum Gasteiger partial charge on any atom is -0.495 e. The van der Waals surface area contributed by atoms with Gasteiger partial charge in [-0.1, -0.05) is 44.2 Å². The van der Waals surface area contributed by atoms with Crippen molar-refractivity contribution >= 4 is 17.4 Å². The number of methoxy groups -OCH3 is 1. The van der Waals surface area contributed by atoms with Crippen LogP contribution in [0.25, 0.3) is 0 Å². The van der Waals surface area contributed by atoms with Crippen LogP contribution in [0, 0.1) is 0 Å². The minimum absolute atomic E-state index is 0.278. The molecule has 22 heavy (non-hydrogen) atoms. The van der Waals surface area contributed by atoms with E-state index < -0.39 is 0 Å². The van der Waals surface area contributed by atoms with Crippen LogP contribution >= 0.6 is 0 Å². The maximum atomic E-state index is 12.2. The van der Waals surface area contributed by atoms with Crippen LogP contribution in [-0.2, 0) is 0 Å². The Bertz CT molecular complexity index is 640. The average Bonchev–Trinajstić information content (AvgIpc) is 2.55. The predicted octanol–water partition coefficient (Wildman–Crippen LogP) is 4.85. The number of carbonyl (C=O) groups is 1. The first kappa shape index (κ1) is 15.9. The normalized spacial score (nSPS) is 11.6. The molecular formula is C18H22N2O2. The predicted molar refractivity (Wildman–Crippen MR) is 90.8 cm³/mol. The third kappa shape index (κ3) is 3.79. The summed E-state index contributed by atoms with van der Waals surface area (Å²) < 4.78 is 5.23. The van der Waals surface area contributed by atoms with Crippen LogP contribution in [-0.4, -0.2) is 13.1 Å². The average molecular weight is 298 g/mol. The fourth-order valence-corrected chi connectivity index (χ4v) is 2.28. The van der Waals surface area contributed by atoms with Gasteiger partial charge in [0.15, 0.2) is 0 Å². The molecule has 1 atom stereocenters. The van der Waals surface area contributed by atoms with E-state index in [1.54, 1.807) is 13.2 Å². The van der Waals surface area contributed by atoms with Gasteiger partial charge in [-0.25, -0.2) is 4.79 Å². The molecule has 0 aliphatic carbocycles. The van der Waals surface area contributed by atoms with Crippen LogP contribution in [0.5, 0.6) is 5.75 Å². The number of rotatable bonds is 5. The molecule has 4 heteroatoms. The lowest BCUT2D eigenvalue weighted by Gasteiger charge is -2.16. The van der Waals surface area contributed by atoms with E-state index in [2.05, 4.69) is 24.5 Å². The van der Waals surface area contributed by atoms with E-state index in [4.69, 9.17) is 4.74 Å². The van der Waals surface area contributed by atoms with Crippen molar-refractivity contribution in [2.75, 3.05) is 17.7 Å². The zero-order valence-corrected chi connectivity index (χ0v) is 13.2. The summed E-state index contributed by atoms with van der Waals surface area (Å²) in [6, 6.07) is 14.9. The highest BCUT2D eigenvalue weighted by Crippen LogP contribution is 2.27. The van der Waals surface area contributed by atoms with Gasteiger partial charge in [-0.05, 0) is 36.1 Å². The summed E-state index contributed by atoms with van der Waals surface area (Å²) in [5.74, 6) is 1.02. The van der Waals surface area contributed by atoms with Gasteiger partial charge in [-0.2, -0.15) is 0 Å².